The number of halogens is 3. The van der Waals surface area contributed by atoms with Gasteiger partial charge in [0.05, 0.1) is 11.3 Å². The number of alkyl halides is 3. The minimum atomic E-state index is -4.42. The molecule has 0 atom stereocenters. The SMILES string of the molecule is CN(c1ccc(C(F)(F)F)cn1)c1ccccc1C(=N)N. The summed E-state index contributed by atoms with van der Waals surface area (Å²) in [6.07, 6.45) is -3.64. The van der Waals surface area contributed by atoms with E-state index in [1.54, 1.807) is 36.2 Å². The van der Waals surface area contributed by atoms with E-state index < -0.39 is 11.7 Å². The zero-order chi connectivity index (χ0) is 15.6. The van der Waals surface area contributed by atoms with Crippen molar-refractivity contribution in [1.29, 1.82) is 5.41 Å². The molecule has 3 N–H and O–H groups in total. The van der Waals surface area contributed by atoms with Crippen molar-refractivity contribution in [3.63, 3.8) is 0 Å². The first-order valence-electron chi connectivity index (χ1n) is 6.01. The Labute approximate surface area is 119 Å². The van der Waals surface area contributed by atoms with Crippen molar-refractivity contribution in [2.24, 2.45) is 5.73 Å². The van der Waals surface area contributed by atoms with Crippen molar-refractivity contribution in [1.82, 2.24) is 4.98 Å². The van der Waals surface area contributed by atoms with Crippen molar-refractivity contribution < 1.29 is 13.2 Å². The molecule has 0 amide bonds. The lowest BCUT2D eigenvalue weighted by molar-refractivity contribution is -0.137. The minimum absolute atomic E-state index is 0.121. The van der Waals surface area contributed by atoms with Gasteiger partial charge < -0.3 is 10.6 Å². The molecule has 4 nitrogen and oxygen atoms in total. The molecular formula is C14H13F3N4. The molecule has 0 saturated carbocycles. The monoisotopic (exact) mass is 294 g/mol. The van der Waals surface area contributed by atoms with Gasteiger partial charge in [-0.3, -0.25) is 5.41 Å². The lowest BCUT2D eigenvalue weighted by Gasteiger charge is -2.21. The van der Waals surface area contributed by atoms with E-state index in [4.69, 9.17) is 11.1 Å². The van der Waals surface area contributed by atoms with Gasteiger partial charge in [-0.15, -0.1) is 0 Å². The molecule has 0 unspecified atom stereocenters. The van der Waals surface area contributed by atoms with E-state index >= 15 is 0 Å². The van der Waals surface area contributed by atoms with E-state index in [1.807, 2.05) is 0 Å². The van der Waals surface area contributed by atoms with Gasteiger partial charge in [0, 0.05) is 18.8 Å². The minimum Gasteiger partial charge on any atom is -0.384 e. The largest absolute Gasteiger partial charge is 0.417 e. The van der Waals surface area contributed by atoms with Crippen LogP contribution in [0, 0.1) is 5.41 Å². The van der Waals surface area contributed by atoms with E-state index in [-0.39, 0.29) is 5.84 Å². The van der Waals surface area contributed by atoms with Crippen LogP contribution in [-0.2, 0) is 6.18 Å². The van der Waals surface area contributed by atoms with Crippen LogP contribution in [-0.4, -0.2) is 17.9 Å². The van der Waals surface area contributed by atoms with E-state index in [0.717, 1.165) is 12.3 Å². The predicted molar refractivity (Wildman–Crippen MR) is 74.8 cm³/mol. The van der Waals surface area contributed by atoms with Gasteiger partial charge >= 0.3 is 6.18 Å². The number of nitrogens with one attached hydrogen (secondary N) is 1. The van der Waals surface area contributed by atoms with Gasteiger partial charge in [-0.1, -0.05) is 12.1 Å². The smallest absolute Gasteiger partial charge is 0.384 e. The summed E-state index contributed by atoms with van der Waals surface area (Å²) in [6.45, 7) is 0. The lowest BCUT2D eigenvalue weighted by atomic mass is 10.1. The van der Waals surface area contributed by atoms with E-state index in [2.05, 4.69) is 4.98 Å². The van der Waals surface area contributed by atoms with Crippen molar-refractivity contribution in [3.8, 4) is 0 Å². The molecule has 1 aromatic carbocycles. The summed E-state index contributed by atoms with van der Waals surface area (Å²) in [4.78, 5) is 5.40. The quantitative estimate of drug-likeness (QED) is 0.675. The fraction of sp³-hybridized carbons (Fsp3) is 0.143. The second-order valence-corrected chi connectivity index (χ2v) is 4.39. The van der Waals surface area contributed by atoms with Crippen LogP contribution in [0.1, 0.15) is 11.1 Å². The highest BCUT2D eigenvalue weighted by Gasteiger charge is 2.30. The second-order valence-electron chi connectivity index (χ2n) is 4.39. The number of nitrogens with two attached hydrogens (primary N) is 1. The average molecular weight is 294 g/mol. The van der Waals surface area contributed by atoms with E-state index in [9.17, 15) is 13.2 Å². The molecule has 110 valence electrons. The average Bonchev–Trinajstić information content (AvgIpc) is 2.45. The van der Waals surface area contributed by atoms with Gasteiger partial charge in [-0.25, -0.2) is 4.98 Å². The molecule has 0 aliphatic rings. The van der Waals surface area contributed by atoms with Gasteiger partial charge in [0.25, 0.3) is 0 Å². The molecule has 0 fully saturated rings. The third-order valence-corrected chi connectivity index (χ3v) is 2.97. The number of hydrogen-bond acceptors (Lipinski definition) is 3. The molecule has 0 aliphatic heterocycles. The Morgan fingerprint density at radius 3 is 2.38 bits per heavy atom. The van der Waals surface area contributed by atoms with Gasteiger partial charge in [0.15, 0.2) is 0 Å². The van der Waals surface area contributed by atoms with E-state index in [1.165, 1.54) is 6.07 Å². The van der Waals surface area contributed by atoms with Crippen LogP contribution in [0.25, 0.3) is 0 Å². The van der Waals surface area contributed by atoms with Crippen LogP contribution >= 0.6 is 0 Å². The normalized spacial score (nSPS) is 11.2. The highest BCUT2D eigenvalue weighted by atomic mass is 19.4. The van der Waals surface area contributed by atoms with Crippen LogP contribution < -0.4 is 10.6 Å². The number of hydrogen-bond donors (Lipinski definition) is 2. The Kier molecular flexibility index (Phi) is 3.84. The number of nitrogens with zero attached hydrogens (tertiary/aromatic N) is 2. The van der Waals surface area contributed by atoms with Crippen LogP contribution in [0.5, 0.6) is 0 Å². The standard InChI is InChI=1S/C14H13F3N4/c1-21(11-5-3-2-4-10(11)13(18)19)12-7-6-9(8-20-12)14(15,16)17/h2-8H,1H3,(H3,18,19). The van der Waals surface area contributed by atoms with Crippen LogP contribution in [0.3, 0.4) is 0 Å². The summed E-state index contributed by atoms with van der Waals surface area (Å²) in [5, 5.41) is 7.53. The molecule has 1 heterocycles. The van der Waals surface area contributed by atoms with Crippen molar-refractivity contribution >= 4 is 17.3 Å². The third-order valence-electron chi connectivity index (χ3n) is 2.97. The fourth-order valence-electron chi connectivity index (χ4n) is 1.87. The Morgan fingerprint density at radius 1 is 1.19 bits per heavy atom. The zero-order valence-electron chi connectivity index (χ0n) is 11.1. The molecule has 0 spiro atoms. The van der Waals surface area contributed by atoms with Crippen LogP contribution in [0.15, 0.2) is 42.6 Å². The fourth-order valence-corrected chi connectivity index (χ4v) is 1.87. The highest BCUT2D eigenvalue weighted by Crippen LogP contribution is 2.31. The number of rotatable bonds is 3. The summed E-state index contributed by atoms with van der Waals surface area (Å²) >= 11 is 0. The molecule has 2 aromatic rings. The Hall–Kier alpha value is -2.57. The molecule has 7 heteroatoms. The number of anilines is 2. The van der Waals surface area contributed by atoms with Gasteiger partial charge in [-0.2, -0.15) is 13.2 Å². The zero-order valence-corrected chi connectivity index (χ0v) is 11.1. The summed E-state index contributed by atoms with van der Waals surface area (Å²) in [6, 6.07) is 9.11. The molecule has 2 rings (SSSR count). The Morgan fingerprint density at radius 2 is 1.86 bits per heavy atom. The Balaban J connectivity index is 2.37. The molecular weight excluding hydrogens is 281 g/mol. The first-order valence-corrected chi connectivity index (χ1v) is 6.01. The highest BCUT2D eigenvalue weighted by molar-refractivity contribution is 6.01. The first-order chi connectivity index (χ1) is 9.80. The van der Waals surface area contributed by atoms with Crippen LogP contribution in [0.4, 0.5) is 24.7 Å². The maximum absolute atomic E-state index is 12.5. The number of nitrogen functional groups attached to an aromatic ring is 1. The Bertz CT molecular complexity index is 650. The molecule has 21 heavy (non-hydrogen) atoms. The summed E-state index contributed by atoms with van der Waals surface area (Å²) < 4.78 is 37.5. The third kappa shape index (κ3) is 3.13. The predicted octanol–water partition coefficient (Wildman–Crippen LogP) is 3.15. The maximum Gasteiger partial charge on any atom is 0.417 e. The maximum atomic E-state index is 12.5. The summed E-state index contributed by atoms with van der Waals surface area (Å²) in [7, 11) is 1.65. The second kappa shape index (κ2) is 5.43. The number of pyridine rings is 1. The molecule has 0 bridgehead atoms. The molecule has 1 aromatic heterocycles. The van der Waals surface area contributed by atoms with Gasteiger partial charge in [0.1, 0.15) is 11.7 Å². The molecule has 0 aliphatic carbocycles. The van der Waals surface area contributed by atoms with Crippen molar-refractivity contribution in [2.75, 3.05) is 11.9 Å². The topological polar surface area (TPSA) is 66.0 Å². The lowest BCUT2D eigenvalue weighted by Crippen LogP contribution is -2.19. The summed E-state index contributed by atoms with van der Waals surface area (Å²) in [5.74, 6) is 0.209. The number of aromatic nitrogens is 1. The van der Waals surface area contributed by atoms with Crippen LogP contribution in [0.2, 0.25) is 0 Å². The van der Waals surface area contributed by atoms with Crippen molar-refractivity contribution in [2.45, 2.75) is 6.18 Å². The first kappa shape index (κ1) is 14.8. The number of amidine groups is 1. The number of para-hydroxylation sites is 1. The van der Waals surface area contributed by atoms with E-state index in [0.29, 0.717) is 17.1 Å². The molecule has 0 radical (unpaired) electrons. The number of benzene rings is 1. The summed E-state index contributed by atoms with van der Waals surface area (Å²) in [5.41, 5.74) is 5.78. The van der Waals surface area contributed by atoms with Crippen molar-refractivity contribution in [3.05, 3.63) is 53.7 Å². The van der Waals surface area contributed by atoms with Gasteiger partial charge in [0.2, 0.25) is 0 Å². The van der Waals surface area contributed by atoms with Gasteiger partial charge in [-0.05, 0) is 24.3 Å². The molecule has 0 saturated heterocycles.